The molecular weight excluding hydrogens is 285 g/mol. The molecule has 0 aromatic heterocycles. The minimum atomic E-state index is -0.293. The Morgan fingerprint density at radius 1 is 1.53 bits per heavy atom. The molecule has 3 N–H and O–H groups in total. The number of aliphatic imine (C=N–C) groups is 1. The molecule has 0 aliphatic rings. The van der Waals surface area contributed by atoms with E-state index in [1.807, 2.05) is 6.92 Å². The average molecular weight is 300 g/mol. The third-order valence-corrected chi connectivity index (χ3v) is 2.38. The highest BCUT2D eigenvalue weighted by Crippen LogP contribution is 2.15. The quantitative estimate of drug-likeness (QED) is 0.510. The summed E-state index contributed by atoms with van der Waals surface area (Å²) in [6.07, 6.45) is 0. The van der Waals surface area contributed by atoms with Gasteiger partial charge in [0.15, 0.2) is 5.96 Å². The molecule has 1 rings (SSSR count). The van der Waals surface area contributed by atoms with Crippen molar-refractivity contribution >= 4 is 21.9 Å². The molecule has 1 aromatic rings. The number of nitrogens with two attached hydrogens (primary N) is 1. The highest BCUT2D eigenvalue weighted by Gasteiger charge is 1.99. The average Bonchev–Trinajstić information content (AvgIpc) is 2.22. The third kappa shape index (κ3) is 5.49. The third-order valence-electron chi connectivity index (χ3n) is 1.93. The van der Waals surface area contributed by atoms with E-state index in [1.165, 1.54) is 12.1 Å². The smallest absolute Gasteiger partial charge is 0.189 e. The number of hydrogen-bond donors (Lipinski definition) is 2. The Morgan fingerprint density at radius 3 is 2.82 bits per heavy atom. The molecule has 0 aliphatic carbocycles. The van der Waals surface area contributed by atoms with E-state index < -0.39 is 0 Å². The van der Waals surface area contributed by atoms with Crippen LogP contribution in [-0.2, 0) is 6.54 Å². The fourth-order valence-corrected chi connectivity index (χ4v) is 1.69. The first-order chi connectivity index (χ1) is 7.97. The Morgan fingerprint density at radius 2 is 2.24 bits per heavy atom. The molecule has 0 fully saturated rings. The summed E-state index contributed by atoms with van der Waals surface area (Å²) in [5.41, 5.74) is 7.37. The Bertz CT molecular complexity index is 423. The first-order valence-corrected chi connectivity index (χ1v) is 5.90. The normalized spacial score (nSPS) is 11.4. The van der Waals surface area contributed by atoms with Gasteiger partial charge < -0.3 is 11.1 Å². The number of hydrogen-bond acceptors (Lipinski definition) is 1. The number of nitrogens with zero attached hydrogens (tertiary/aromatic N) is 1. The highest BCUT2D eigenvalue weighted by atomic mass is 79.9. The molecule has 0 bridgehead atoms. The van der Waals surface area contributed by atoms with Crippen LogP contribution < -0.4 is 11.1 Å². The summed E-state index contributed by atoms with van der Waals surface area (Å²) >= 11 is 3.22. The summed E-state index contributed by atoms with van der Waals surface area (Å²) in [6.45, 7) is 6.56. The van der Waals surface area contributed by atoms with Crippen molar-refractivity contribution in [2.75, 3.05) is 6.54 Å². The van der Waals surface area contributed by atoms with Gasteiger partial charge in [-0.1, -0.05) is 28.1 Å². The van der Waals surface area contributed by atoms with Gasteiger partial charge in [0.2, 0.25) is 0 Å². The van der Waals surface area contributed by atoms with Crippen molar-refractivity contribution in [1.82, 2.24) is 5.32 Å². The molecule has 0 aliphatic heterocycles. The van der Waals surface area contributed by atoms with Crippen molar-refractivity contribution in [3.05, 3.63) is 46.2 Å². The molecule has 17 heavy (non-hydrogen) atoms. The number of benzene rings is 1. The molecule has 0 atom stereocenters. The SMILES string of the molecule is C=C(C)CNC(N)=NCc1cc(F)cc(Br)c1. The summed E-state index contributed by atoms with van der Waals surface area (Å²) < 4.78 is 13.8. The van der Waals surface area contributed by atoms with Crippen molar-refractivity contribution in [2.24, 2.45) is 10.7 Å². The van der Waals surface area contributed by atoms with E-state index in [2.05, 4.69) is 32.8 Å². The van der Waals surface area contributed by atoms with Crippen molar-refractivity contribution in [3.8, 4) is 0 Å². The van der Waals surface area contributed by atoms with Crippen molar-refractivity contribution < 1.29 is 4.39 Å². The Kier molecular flexibility index (Phi) is 5.15. The number of guanidine groups is 1. The zero-order valence-corrected chi connectivity index (χ0v) is 11.2. The minimum absolute atomic E-state index is 0.293. The first kappa shape index (κ1) is 13.7. The second-order valence-electron chi connectivity index (χ2n) is 3.79. The van der Waals surface area contributed by atoms with Crippen LogP contribution in [-0.4, -0.2) is 12.5 Å². The Hall–Kier alpha value is -1.36. The van der Waals surface area contributed by atoms with Gasteiger partial charge in [0.05, 0.1) is 6.54 Å². The van der Waals surface area contributed by atoms with Gasteiger partial charge in [0.1, 0.15) is 5.82 Å². The lowest BCUT2D eigenvalue weighted by Gasteiger charge is -2.05. The number of halogens is 2. The van der Waals surface area contributed by atoms with Gasteiger partial charge in [0.25, 0.3) is 0 Å². The van der Waals surface area contributed by atoms with Gasteiger partial charge >= 0.3 is 0 Å². The molecule has 5 heteroatoms. The topological polar surface area (TPSA) is 50.4 Å². The maximum Gasteiger partial charge on any atom is 0.189 e. The standard InChI is InChI=1S/C12H15BrFN3/c1-8(2)6-16-12(15)17-7-9-3-10(13)5-11(14)4-9/h3-5H,1,6-7H2,2H3,(H3,15,16,17). The fourth-order valence-electron chi connectivity index (χ4n) is 1.18. The molecule has 0 heterocycles. The summed E-state index contributed by atoms with van der Waals surface area (Å²) in [5, 5.41) is 2.90. The van der Waals surface area contributed by atoms with E-state index in [0.29, 0.717) is 23.5 Å². The maximum atomic E-state index is 13.1. The second kappa shape index (κ2) is 6.39. The van der Waals surface area contributed by atoms with Crippen molar-refractivity contribution in [3.63, 3.8) is 0 Å². The van der Waals surface area contributed by atoms with Crippen LogP contribution in [0.1, 0.15) is 12.5 Å². The minimum Gasteiger partial charge on any atom is -0.370 e. The molecular formula is C12H15BrFN3. The lowest BCUT2D eigenvalue weighted by atomic mass is 10.2. The molecule has 0 saturated carbocycles. The van der Waals surface area contributed by atoms with Crippen LogP contribution in [0.5, 0.6) is 0 Å². The van der Waals surface area contributed by atoms with Crippen LogP contribution >= 0.6 is 15.9 Å². The zero-order valence-electron chi connectivity index (χ0n) is 9.63. The van der Waals surface area contributed by atoms with Gasteiger partial charge in [-0.05, 0) is 30.7 Å². The van der Waals surface area contributed by atoms with E-state index in [9.17, 15) is 4.39 Å². The van der Waals surface area contributed by atoms with E-state index in [-0.39, 0.29) is 5.82 Å². The van der Waals surface area contributed by atoms with Gasteiger partial charge in [-0.15, -0.1) is 0 Å². The number of nitrogens with one attached hydrogen (secondary N) is 1. The molecule has 0 saturated heterocycles. The lowest BCUT2D eigenvalue weighted by Crippen LogP contribution is -2.32. The largest absolute Gasteiger partial charge is 0.370 e. The van der Waals surface area contributed by atoms with Crippen LogP contribution in [0.4, 0.5) is 4.39 Å². The summed E-state index contributed by atoms with van der Waals surface area (Å²) in [4.78, 5) is 4.10. The molecule has 0 amide bonds. The Labute approximate surface area is 109 Å². The molecule has 3 nitrogen and oxygen atoms in total. The second-order valence-corrected chi connectivity index (χ2v) is 4.71. The van der Waals surface area contributed by atoms with Crippen LogP contribution in [0.3, 0.4) is 0 Å². The van der Waals surface area contributed by atoms with Gasteiger partial charge in [-0.2, -0.15) is 0 Å². The number of rotatable bonds is 4. The predicted octanol–water partition coefficient (Wildman–Crippen LogP) is 2.57. The van der Waals surface area contributed by atoms with E-state index in [1.54, 1.807) is 6.07 Å². The van der Waals surface area contributed by atoms with E-state index in [4.69, 9.17) is 5.73 Å². The van der Waals surface area contributed by atoms with Crippen LogP contribution in [0.15, 0.2) is 39.8 Å². The van der Waals surface area contributed by atoms with Crippen LogP contribution in [0.2, 0.25) is 0 Å². The van der Waals surface area contributed by atoms with Gasteiger partial charge in [-0.3, -0.25) is 0 Å². The predicted molar refractivity (Wildman–Crippen MR) is 72.2 cm³/mol. The lowest BCUT2D eigenvalue weighted by molar-refractivity contribution is 0.624. The molecule has 0 spiro atoms. The molecule has 1 aromatic carbocycles. The summed E-state index contributed by atoms with van der Waals surface area (Å²) in [5.74, 6) is 0.0337. The Balaban J connectivity index is 2.59. The zero-order chi connectivity index (χ0) is 12.8. The van der Waals surface area contributed by atoms with Gasteiger partial charge in [0, 0.05) is 11.0 Å². The summed E-state index contributed by atoms with van der Waals surface area (Å²) in [6, 6.07) is 4.63. The van der Waals surface area contributed by atoms with E-state index >= 15 is 0 Å². The van der Waals surface area contributed by atoms with E-state index in [0.717, 1.165) is 11.1 Å². The first-order valence-electron chi connectivity index (χ1n) is 5.10. The van der Waals surface area contributed by atoms with Crippen LogP contribution in [0, 0.1) is 5.82 Å². The van der Waals surface area contributed by atoms with Gasteiger partial charge in [-0.25, -0.2) is 9.38 Å². The monoisotopic (exact) mass is 299 g/mol. The molecule has 0 radical (unpaired) electrons. The summed E-state index contributed by atoms with van der Waals surface area (Å²) in [7, 11) is 0. The fraction of sp³-hybridized carbons (Fsp3) is 0.250. The van der Waals surface area contributed by atoms with Crippen LogP contribution in [0.25, 0.3) is 0 Å². The molecule has 92 valence electrons. The molecule has 0 unspecified atom stereocenters. The maximum absolute atomic E-state index is 13.1. The van der Waals surface area contributed by atoms with Crippen molar-refractivity contribution in [2.45, 2.75) is 13.5 Å². The van der Waals surface area contributed by atoms with Crippen molar-refractivity contribution in [1.29, 1.82) is 0 Å². The highest BCUT2D eigenvalue weighted by molar-refractivity contribution is 9.10.